The molecule has 1 aliphatic rings. The summed E-state index contributed by atoms with van der Waals surface area (Å²) in [4.78, 5) is 14.6. The van der Waals surface area contributed by atoms with Crippen molar-refractivity contribution in [3.63, 3.8) is 0 Å². The molecule has 1 atom stereocenters. The topological polar surface area (TPSA) is 85.2 Å². The summed E-state index contributed by atoms with van der Waals surface area (Å²) < 4.78 is 6.58. The second-order valence-corrected chi connectivity index (χ2v) is 5.77. The molecule has 8 heteroatoms. The van der Waals surface area contributed by atoms with Gasteiger partial charge in [0.05, 0.1) is 12.7 Å². The van der Waals surface area contributed by atoms with Gasteiger partial charge in [-0.3, -0.25) is 0 Å². The number of anilines is 2. The van der Waals surface area contributed by atoms with Gasteiger partial charge in [0.1, 0.15) is 6.04 Å². The third-order valence-electron chi connectivity index (χ3n) is 4.46. The van der Waals surface area contributed by atoms with Crippen LogP contribution in [0.2, 0.25) is 0 Å². The highest BCUT2D eigenvalue weighted by molar-refractivity contribution is 5.92. The summed E-state index contributed by atoms with van der Waals surface area (Å²) in [6, 6.07) is 7.69. The second-order valence-electron chi connectivity index (χ2n) is 5.77. The van der Waals surface area contributed by atoms with Crippen LogP contribution in [0.1, 0.15) is 32.4 Å². The lowest BCUT2D eigenvalue weighted by molar-refractivity contribution is -0.136. The Morgan fingerprint density at radius 3 is 2.56 bits per heavy atom. The minimum atomic E-state index is -0.426. The molecule has 0 amide bonds. The van der Waals surface area contributed by atoms with E-state index in [0.29, 0.717) is 17.2 Å². The van der Waals surface area contributed by atoms with Crippen molar-refractivity contribution in [1.82, 2.24) is 20.2 Å². The van der Waals surface area contributed by atoms with E-state index >= 15 is 0 Å². The first-order valence-corrected chi connectivity index (χ1v) is 8.29. The molecule has 1 N–H and O–H groups in total. The molecule has 0 unspecified atom stereocenters. The van der Waals surface area contributed by atoms with Crippen molar-refractivity contribution in [1.29, 1.82) is 0 Å². The van der Waals surface area contributed by atoms with Crippen LogP contribution in [0, 0.1) is 0 Å². The Morgan fingerprint density at radius 2 is 1.96 bits per heavy atom. The molecule has 1 aromatic heterocycles. The molecular formula is C17H22N6O2. The van der Waals surface area contributed by atoms with Crippen LogP contribution in [0.25, 0.3) is 0 Å². The molecule has 25 heavy (non-hydrogen) atoms. The van der Waals surface area contributed by atoms with Gasteiger partial charge in [0.15, 0.2) is 0 Å². The van der Waals surface area contributed by atoms with Crippen molar-refractivity contribution >= 4 is 17.6 Å². The summed E-state index contributed by atoms with van der Waals surface area (Å²) in [5.41, 5.74) is 3.25. The zero-order valence-corrected chi connectivity index (χ0v) is 14.9. The van der Waals surface area contributed by atoms with Gasteiger partial charge < -0.3 is 15.0 Å². The fraction of sp³-hybridized carbons (Fsp3) is 0.412. The molecule has 1 aliphatic heterocycles. The number of hydrogen-bond acceptors (Lipinski definition) is 7. The third-order valence-corrected chi connectivity index (χ3v) is 4.46. The van der Waals surface area contributed by atoms with Crippen molar-refractivity contribution in [3.05, 3.63) is 41.1 Å². The van der Waals surface area contributed by atoms with E-state index in [1.807, 2.05) is 19.1 Å². The van der Waals surface area contributed by atoms with Gasteiger partial charge in [-0.15, -0.1) is 0 Å². The maximum absolute atomic E-state index is 12.4. The molecule has 0 radical (unpaired) electrons. The van der Waals surface area contributed by atoms with Crippen LogP contribution in [0.15, 0.2) is 35.5 Å². The maximum atomic E-state index is 12.4. The number of ether oxygens (including phenoxy) is 1. The molecule has 0 saturated heterocycles. The van der Waals surface area contributed by atoms with Gasteiger partial charge in [0, 0.05) is 24.5 Å². The molecule has 0 saturated carbocycles. The SMILES string of the molecule is CCN(CC)c1ccc([C@@H]2C(C(=O)OC)=C(C)Nc3nnnn32)cc1. The quantitative estimate of drug-likeness (QED) is 0.832. The molecule has 2 aromatic rings. The smallest absolute Gasteiger partial charge is 0.338 e. The Morgan fingerprint density at radius 1 is 1.28 bits per heavy atom. The van der Waals surface area contributed by atoms with Gasteiger partial charge in [-0.2, -0.15) is 4.68 Å². The number of nitrogens with one attached hydrogen (secondary N) is 1. The number of nitrogens with zero attached hydrogens (tertiary/aromatic N) is 5. The number of tetrazole rings is 1. The number of esters is 1. The standard InChI is InChI=1S/C17H22N6O2/c1-5-22(6-2)13-9-7-12(8-10-13)15-14(16(24)25-4)11(3)18-17-19-20-21-23(15)17/h7-10,15H,5-6H2,1-4H3,(H,18,19,21)/t15-/m1/s1. The van der Waals surface area contributed by atoms with E-state index in [-0.39, 0.29) is 0 Å². The largest absolute Gasteiger partial charge is 0.466 e. The van der Waals surface area contributed by atoms with Crippen molar-refractivity contribution in [2.75, 3.05) is 30.4 Å². The molecule has 8 nitrogen and oxygen atoms in total. The number of benzene rings is 1. The summed E-state index contributed by atoms with van der Waals surface area (Å²) >= 11 is 0. The first kappa shape index (κ1) is 16.9. The monoisotopic (exact) mass is 342 g/mol. The van der Waals surface area contributed by atoms with Gasteiger partial charge in [-0.1, -0.05) is 17.2 Å². The van der Waals surface area contributed by atoms with Crippen LogP contribution in [-0.4, -0.2) is 46.4 Å². The zero-order valence-electron chi connectivity index (χ0n) is 14.9. The number of hydrogen-bond donors (Lipinski definition) is 1. The molecule has 0 aliphatic carbocycles. The lowest BCUT2D eigenvalue weighted by atomic mass is 9.95. The fourth-order valence-electron chi connectivity index (χ4n) is 3.15. The van der Waals surface area contributed by atoms with Crippen LogP contribution < -0.4 is 10.2 Å². The summed E-state index contributed by atoms with van der Waals surface area (Å²) in [7, 11) is 1.37. The number of carbonyl (C=O) groups excluding carboxylic acids is 1. The average molecular weight is 342 g/mol. The van der Waals surface area contributed by atoms with Gasteiger partial charge in [-0.05, 0) is 48.9 Å². The number of aromatic nitrogens is 4. The highest BCUT2D eigenvalue weighted by Gasteiger charge is 2.34. The predicted molar refractivity (Wildman–Crippen MR) is 94.3 cm³/mol. The van der Waals surface area contributed by atoms with E-state index in [1.54, 1.807) is 4.68 Å². The molecule has 0 bridgehead atoms. The van der Waals surface area contributed by atoms with E-state index in [0.717, 1.165) is 24.3 Å². The number of methoxy groups -OCH3 is 1. The van der Waals surface area contributed by atoms with E-state index in [4.69, 9.17) is 4.74 Å². The van der Waals surface area contributed by atoms with E-state index in [9.17, 15) is 4.79 Å². The van der Waals surface area contributed by atoms with E-state index < -0.39 is 12.0 Å². The van der Waals surface area contributed by atoms with Gasteiger partial charge in [0.2, 0.25) is 5.95 Å². The zero-order chi connectivity index (χ0) is 18.0. The Kier molecular flexibility index (Phi) is 4.69. The molecule has 3 rings (SSSR count). The third kappa shape index (κ3) is 2.95. The summed E-state index contributed by atoms with van der Waals surface area (Å²) in [5, 5.41) is 14.8. The lowest BCUT2D eigenvalue weighted by Crippen LogP contribution is -2.29. The molecule has 2 heterocycles. The number of fused-ring (bicyclic) bond motifs is 1. The Balaban J connectivity index is 2.05. The number of carbonyl (C=O) groups is 1. The normalized spacial score (nSPS) is 16.2. The highest BCUT2D eigenvalue weighted by Crippen LogP contribution is 2.35. The van der Waals surface area contributed by atoms with Crippen LogP contribution in [0.3, 0.4) is 0 Å². The van der Waals surface area contributed by atoms with Crippen molar-refractivity contribution < 1.29 is 9.53 Å². The number of rotatable bonds is 5. The number of allylic oxidation sites excluding steroid dienone is 1. The minimum Gasteiger partial charge on any atom is -0.466 e. The van der Waals surface area contributed by atoms with Crippen LogP contribution in [-0.2, 0) is 9.53 Å². The minimum absolute atomic E-state index is 0.399. The van der Waals surface area contributed by atoms with Crippen molar-refractivity contribution in [3.8, 4) is 0 Å². The first-order valence-electron chi connectivity index (χ1n) is 8.29. The fourth-order valence-corrected chi connectivity index (χ4v) is 3.15. The summed E-state index contributed by atoms with van der Waals surface area (Å²) in [6.45, 7) is 7.94. The van der Waals surface area contributed by atoms with Crippen LogP contribution in [0.5, 0.6) is 0 Å². The lowest BCUT2D eigenvalue weighted by Gasteiger charge is -2.27. The first-order chi connectivity index (χ1) is 12.1. The van der Waals surface area contributed by atoms with Gasteiger partial charge >= 0.3 is 5.97 Å². The molecule has 0 spiro atoms. The molecule has 0 fully saturated rings. The summed E-state index contributed by atoms with van der Waals surface area (Å²) in [5.74, 6) is 0.104. The van der Waals surface area contributed by atoms with Crippen LogP contribution >= 0.6 is 0 Å². The molecule has 1 aromatic carbocycles. The van der Waals surface area contributed by atoms with E-state index in [2.05, 4.69) is 51.7 Å². The Hall–Kier alpha value is -2.90. The predicted octanol–water partition coefficient (Wildman–Crippen LogP) is 1.98. The maximum Gasteiger partial charge on any atom is 0.338 e. The van der Waals surface area contributed by atoms with E-state index in [1.165, 1.54) is 7.11 Å². The molecular weight excluding hydrogens is 320 g/mol. The highest BCUT2D eigenvalue weighted by atomic mass is 16.5. The average Bonchev–Trinajstić information content (AvgIpc) is 3.09. The van der Waals surface area contributed by atoms with Crippen molar-refractivity contribution in [2.45, 2.75) is 26.8 Å². The van der Waals surface area contributed by atoms with Gasteiger partial charge in [0.25, 0.3) is 0 Å². The van der Waals surface area contributed by atoms with Crippen LogP contribution in [0.4, 0.5) is 11.6 Å². The Bertz CT molecular complexity index is 792. The van der Waals surface area contributed by atoms with Crippen molar-refractivity contribution in [2.24, 2.45) is 0 Å². The second kappa shape index (κ2) is 6.92. The summed E-state index contributed by atoms with van der Waals surface area (Å²) in [6.07, 6.45) is 0. The Labute approximate surface area is 146 Å². The molecule has 132 valence electrons. The van der Waals surface area contributed by atoms with Gasteiger partial charge in [-0.25, -0.2) is 4.79 Å².